The van der Waals surface area contributed by atoms with Crippen LogP contribution in [0.2, 0.25) is 0 Å². The monoisotopic (exact) mass is 676 g/mol. The van der Waals surface area contributed by atoms with Gasteiger partial charge in [-0.3, -0.25) is 0 Å². The molecule has 0 aliphatic heterocycles. The first kappa shape index (κ1) is 30.0. The quantitative estimate of drug-likeness (QED) is 0.176. The highest BCUT2D eigenvalue weighted by molar-refractivity contribution is 6.10. The molecule has 2 aromatic heterocycles. The van der Waals surface area contributed by atoms with Crippen LogP contribution in [0.3, 0.4) is 0 Å². The van der Waals surface area contributed by atoms with Gasteiger partial charge in [0.15, 0.2) is 0 Å². The molecule has 2 heteroatoms. The first-order valence-corrected chi connectivity index (χ1v) is 18.5. The minimum atomic E-state index is -0.565. The summed E-state index contributed by atoms with van der Waals surface area (Å²) in [6, 6.07) is 67.7. The molecule has 0 saturated heterocycles. The van der Waals surface area contributed by atoms with E-state index in [1.54, 1.807) is 0 Å². The molecule has 0 bridgehead atoms. The van der Waals surface area contributed by atoms with E-state index in [0.717, 1.165) is 0 Å². The van der Waals surface area contributed by atoms with Crippen molar-refractivity contribution in [3.8, 4) is 22.5 Å². The molecule has 10 aromatic rings. The Morgan fingerprint density at radius 1 is 0.321 bits per heavy atom. The molecule has 53 heavy (non-hydrogen) atoms. The summed E-state index contributed by atoms with van der Waals surface area (Å²) in [5, 5.41) is 5.08. The van der Waals surface area contributed by atoms with Crippen molar-refractivity contribution in [3.05, 3.63) is 215 Å². The summed E-state index contributed by atoms with van der Waals surface area (Å²) in [5.41, 5.74) is 17.0. The van der Waals surface area contributed by atoms with Crippen LogP contribution in [0.5, 0.6) is 0 Å². The van der Waals surface area contributed by atoms with Gasteiger partial charge >= 0.3 is 0 Å². The molecule has 0 spiro atoms. The zero-order chi connectivity index (χ0) is 35.3. The minimum absolute atomic E-state index is 0.565. The Morgan fingerprint density at radius 2 is 0.642 bits per heavy atom. The highest BCUT2D eigenvalue weighted by Gasteiger charge is 2.48. The van der Waals surface area contributed by atoms with E-state index in [-0.39, 0.29) is 0 Å². The van der Waals surface area contributed by atoms with Crippen LogP contribution in [-0.2, 0) is 5.41 Å². The first-order valence-electron chi connectivity index (χ1n) is 18.5. The van der Waals surface area contributed by atoms with E-state index in [1.165, 1.54) is 99.5 Å². The number of hydrogen-bond donors (Lipinski definition) is 0. The van der Waals surface area contributed by atoms with Gasteiger partial charge < -0.3 is 9.13 Å². The molecule has 2 nitrogen and oxygen atoms in total. The largest absolute Gasteiger partial charge is 0.309 e. The summed E-state index contributed by atoms with van der Waals surface area (Å²) in [6.45, 7) is 4.56. The van der Waals surface area contributed by atoms with Crippen LogP contribution in [0, 0.1) is 13.8 Å². The third-order valence-electron chi connectivity index (χ3n) is 11.9. The maximum atomic E-state index is 2.49. The van der Waals surface area contributed by atoms with E-state index in [1.807, 2.05) is 0 Å². The lowest BCUT2D eigenvalue weighted by molar-refractivity contribution is 0.752. The van der Waals surface area contributed by atoms with Gasteiger partial charge in [0.05, 0.1) is 27.5 Å². The average molecular weight is 677 g/mol. The van der Waals surface area contributed by atoms with Gasteiger partial charge in [0.1, 0.15) is 0 Å². The van der Waals surface area contributed by atoms with Crippen molar-refractivity contribution in [2.75, 3.05) is 0 Å². The smallest absolute Gasteiger partial charge is 0.0720 e. The first-order chi connectivity index (χ1) is 26.1. The summed E-state index contributed by atoms with van der Waals surface area (Å²) in [4.78, 5) is 0. The molecule has 0 radical (unpaired) electrons. The second-order valence-corrected chi connectivity index (χ2v) is 14.6. The summed E-state index contributed by atoms with van der Waals surface area (Å²) in [6.07, 6.45) is 0. The summed E-state index contributed by atoms with van der Waals surface area (Å²) in [7, 11) is 0. The molecule has 2 heterocycles. The molecular weight excluding hydrogens is 641 g/mol. The van der Waals surface area contributed by atoms with Gasteiger partial charge in [0.2, 0.25) is 0 Å². The van der Waals surface area contributed by atoms with Crippen molar-refractivity contribution in [1.82, 2.24) is 9.13 Å². The molecule has 0 amide bonds. The topological polar surface area (TPSA) is 9.86 Å². The van der Waals surface area contributed by atoms with Gasteiger partial charge in [-0.15, -0.1) is 0 Å². The predicted octanol–water partition coefficient (Wildman–Crippen LogP) is 12.9. The summed E-state index contributed by atoms with van der Waals surface area (Å²) in [5.74, 6) is 0. The third-order valence-corrected chi connectivity index (χ3v) is 11.9. The van der Waals surface area contributed by atoms with E-state index in [0.29, 0.717) is 0 Å². The Kier molecular flexibility index (Phi) is 6.33. The Hall–Kier alpha value is -6.64. The number of hydrogen-bond acceptors (Lipinski definition) is 0. The third kappa shape index (κ3) is 4.04. The molecule has 8 aromatic carbocycles. The van der Waals surface area contributed by atoms with Gasteiger partial charge in [-0.2, -0.15) is 0 Å². The SMILES string of the molecule is Cc1ccccc1C1(c2ccccc2C)c2cc(-n3c4ccccc4c4ccccc43)ccc2-c2ccc(-n3c4ccccc4c4ccccc43)cc21. The molecule has 1 aliphatic carbocycles. The van der Waals surface area contributed by atoms with Gasteiger partial charge in [0, 0.05) is 32.9 Å². The number of para-hydroxylation sites is 4. The van der Waals surface area contributed by atoms with E-state index in [2.05, 4.69) is 205 Å². The fourth-order valence-electron chi connectivity index (χ4n) is 9.69. The Bertz CT molecular complexity index is 2780. The molecule has 0 unspecified atom stereocenters. The highest BCUT2D eigenvalue weighted by atomic mass is 15.0. The number of aryl methyl sites for hydroxylation is 2. The molecule has 1 aliphatic rings. The van der Waals surface area contributed by atoms with Crippen molar-refractivity contribution >= 4 is 43.6 Å². The minimum Gasteiger partial charge on any atom is -0.309 e. The van der Waals surface area contributed by atoms with Gasteiger partial charge in [-0.1, -0.05) is 133 Å². The van der Waals surface area contributed by atoms with Crippen LogP contribution in [0.1, 0.15) is 33.4 Å². The summed E-state index contributed by atoms with van der Waals surface area (Å²) < 4.78 is 4.91. The number of nitrogens with zero attached hydrogens (tertiary/aromatic N) is 2. The molecule has 0 fully saturated rings. The highest BCUT2D eigenvalue weighted by Crippen LogP contribution is 2.58. The normalized spacial score (nSPS) is 13.2. The second-order valence-electron chi connectivity index (χ2n) is 14.6. The maximum absolute atomic E-state index is 2.49. The van der Waals surface area contributed by atoms with Gasteiger partial charge in [-0.05, 0) is 107 Å². The number of benzene rings is 8. The predicted molar refractivity (Wildman–Crippen MR) is 222 cm³/mol. The fraction of sp³-hybridized carbons (Fsp3) is 0.0588. The fourth-order valence-corrected chi connectivity index (χ4v) is 9.69. The zero-order valence-electron chi connectivity index (χ0n) is 29.7. The molecule has 11 rings (SSSR count). The van der Waals surface area contributed by atoms with E-state index in [9.17, 15) is 0 Å². The van der Waals surface area contributed by atoms with Crippen molar-refractivity contribution in [1.29, 1.82) is 0 Å². The van der Waals surface area contributed by atoms with E-state index >= 15 is 0 Å². The Morgan fingerprint density at radius 3 is 1.00 bits per heavy atom. The average Bonchev–Trinajstić information content (AvgIpc) is 3.82. The summed E-state index contributed by atoms with van der Waals surface area (Å²) >= 11 is 0. The van der Waals surface area contributed by atoms with Crippen LogP contribution in [0.15, 0.2) is 182 Å². The van der Waals surface area contributed by atoms with E-state index < -0.39 is 5.41 Å². The number of rotatable bonds is 4. The lowest BCUT2D eigenvalue weighted by Gasteiger charge is -2.36. The Labute approximate surface area is 308 Å². The van der Waals surface area contributed by atoms with Gasteiger partial charge in [-0.25, -0.2) is 0 Å². The lowest BCUT2D eigenvalue weighted by atomic mass is 9.65. The molecular formula is C51H36N2. The van der Waals surface area contributed by atoms with Crippen LogP contribution < -0.4 is 0 Å². The zero-order valence-corrected chi connectivity index (χ0v) is 29.7. The molecule has 0 atom stereocenters. The van der Waals surface area contributed by atoms with Crippen molar-refractivity contribution in [2.45, 2.75) is 19.3 Å². The molecule has 0 saturated carbocycles. The second kappa shape index (κ2) is 11.2. The van der Waals surface area contributed by atoms with Crippen molar-refractivity contribution in [3.63, 3.8) is 0 Å². The van der Waals surface area contributed by atoms with Crippen LogP contribution in [0.4, 0.5) is 0 Å². The van der Waals surface area contributed by atoms with Crippen LogP contribution in [-0.4, -0.2) is 9.13 Å². The van der Waals surface area contributed by atoms with Gasteiger partial charge in [0.25, 0.3) is 0 Å². The lowest BCUT2D eigenvalue weighted by Crippen LogP contribution is -2.30. The van der Waals surface area contributed by atoms with E-state index in [4.69, 9.17) is 0 Å². The maximum Gasteiger partial charge on any atom is 0.0720 e. The number of aromatic nitrogens is 2. The number of fused-ring (bicyclic) bond motifs is 9. The standard InChI is InChI=1S/C51H36N2/c1-33-15-3-9-21-43(33)51(44-22-10-4-16-34(44)2)45-31-35(52-47-23-11-5-17-39(47)40-18-6-12-24-48(40)52)27-29-37(45)38-30-28-36(32-46(38)51)53-49-25-13-7-19-41(49)42-20-8-14-26-50(42)53/h3-32H,1-2H3. The van der Waals surface area contributed by atoms with Crippen molar-refractivity contribution < 1.29 is 0 Å². The molecule has 0 N–H and O–H groups in total. The van der Waals surface area contributed by atoms with Crippen molar-refractivity contribution in [2.24, 2.45) is 0 Å². The molecule has 250 valence electrons. The van der Waals surface area contributed by atoms with Crippen LogP contribution in [0.25, 0.3) is 66.1 Å². The Balaban J connectivity index is 1.27. The van der Waals surface area contributed by atoms with Crippen LogP contribution >= 0.6 is 0 Å².